The molecule has 0 atom stereocenters. The summed E-state index contributed by atoms with van der Waals surface area (Å²) in [6, 6.07) is 12.4. The van der Waals surface area contributed by atoms with Crippen LogP contribution >= 0.6 is 0 Å². The smallest absolute Gasteiger partial charge is 0.452 e. The van der Waals surface area contributed by atoms with Crippen molar-refractivity contribution in [2.75, 3.05) is 14.2 Å². The van der Waals surface area contributed by atoms with E-state index in [0.29, 0.717) is 33.7 Å². The summed E-state index contributed by atoms with van der Waals surface area (Å²) >= 11 is 0. The first-order valence-corrected chi connectivity index (χ1v) is 10.9. The van der Waals surface area contributed by atoms with Crippen molar-refractivity contribution >= 4 is 33.1 Å². The van der Waals surface area contributed by atoms with Gasteiger partial charge in [-0.05, 0) is 30.7 Å². The summed E-state index contributed by atoms with van der Waals surface area (Å²) in [7, 11) is -1.40. The summed E-state index contributed by atoms with van der Waals surface area (Å²) in [5.41, 5.74) is 13.0. The van der Waals surface area contributed by atoms with Crippen molar-refractivity contribution in [3.05, 3.63) is 53.6 Å². The molecule has 1 heterocycles. The number of hydrogen-bond acceptors (Lipinski definition) is 7. The van der Waals surface area contributed by atoms with Gasteiger partial charge in [-0.3, -0.25) is 0 Å². The minimum atomic E-state index is -4.40. The zero-order chi connectivity index (χ0) is 23.5. The summed E-state index contributed by atoms with van der Waals surface area (Å²) in [5.74, 6) is -0.317. The maximum Gasteiger partial charge on any atom is 0.452 e. The van der Waals surface area contributed by atoms with E-state index in [9.17, 15) is 13.2 Å². The molecule has 0 aliphatic heterocycles. The van der Waals surface area contributed by atoms with Gasteiger partial charge in [0.2, 0.25) is 0 Å². The first-order chi connectivity index (χ1) is 15.1. The van der Waals surface area contributed by atoms with Crippen molar-refractivity contribution in [2.24, 2.45) is 16.5 Å². The van der Waals surface area contributed by atoms with Crippen LogP contribution in [0, 0.1) is 6.92 Å². The Balaban J connectivity index is 2.20. The Hall–Kier alpha value is -3.86. The largest absolute Gasteiger partial charge is 0.496 e. The molecule has 2 aromatic carbocycles. The van der Waals surface area contributed by atoms with Crippen molar-refractivity contribution in [3.8, 4) is 22.8 Å². The van der Waals surface area contributed by atoms with E-state index in [-0.39, 0.29) is 5.56 Å². The lowest BCUT2D eigenvalue weighted by Crippen LogP contribution is -2.25. The molecule has 4 N–H and O–H groups in total. The van der Waals surface area contributed by atoms with Gasteiger partial charge < -0.3 is 25.1 Å². The van der Waals surface area contributed by atoms with E-state index < -0.39 is 27.9 Å². The van der Waals surface area contributed by atoms with Crippen LogP contribution in [0.5, 0.6) is 11.5 Å². The van der Waals surface area contributed by atoms with Gasteiger partial charge in [0, 0.05) is 10.9 Å². The summed E-state index contributed by atoms with van der Waals surface area (Å²) in [5, 5.41) is 0.531. The Morgan fingerprint density at radius 2 is 1.66 bits per heavy atom. The van der Waals surface area contributed by atoms with E-state index in [4.69, 9.17) is 20.9 Å². The van der Waals surface area contributed by atoms with Gasteiger partial charge >= 0.3 is 16.2 Å². The molecule has 0 saturated heterocycles. The number of hydrogen-bond donors (Lipinski definition) is 2. The third-order valence-electron chi connectivity index (χ3n) is 4.50. The van der Waals surface area contributed by atoms with Crippen molar-refractivity contribution < 1.29 is 26.9 Å². The van der Waals surface area contributed by atoms with Crippen molar-refractivity contribution in [2.45, 2.75) is 12.7 Å². The maximum absolute atomic E-state index is 12.6. The van der Waals surface area contributed by atoms with Crippen LogP contribution < -0.4 is 20.9 Å². The molecule has 0 aliphatic rings. The average Bonchev–Trinajstić information content (AvgIpc) is 2.71. The van der Waals surface area contributed by atoms with E-state index in [0.717, 1.165) is 5.56 Å². The second kappa shape index (κ2) is 9.10. The number of aromatic nitrogens is 1. The fourth-order valence-electron chi connectivity index (χ4n) is 3.12. The number of methoxy groups -OCH3 is 2. The van der Waals surface area contributed by atoms with E-state index in [1.54, 1.807) is 18.2 Å². The summed E-state index contributed by atoms with van der Waals surface area (Å²) in [6.07, 6.45) is -1.44. The first kappa shape index (κ1) is 22.8. The highest BCUT2D eigenvalue weighted by Gasteiger charge is 2.23. The standard InChI is InChI=1S/C21H22N4O6S/c1-12-4-6-13(7-5-12)18-14(11-32(27,28)31-21(26)25-20(22)23)10-15-16(29-2)8-9-17(30-3)19(15)24-18/h4-10H,11H2,1-3H3,(H4,22,23,25,26). The number of aryl methyl sites for hydroxylation is 1. The third-order valence-corrected chi connectivity index (χ3v) is 5.56. The molecule has 0 spiro atoms. The number of benzene rings is 2. The number of aliphatic imine (C=N–C) groups is 1. The average molecular weight is 458 g/mol. The fraction of sp³-hybridized carbons (Fsp3) is 0.190. The first-order valence-electron chi connectivity index (χ1n) is 9.31. The van der Waals surface area contributed by atoms with Crippen molar-refractivity contribution in [1.29, 1.82) is 0 Å². The third kappa shape index (κ3) is 5.06. The van der Waals surface area contributed by atoms with E-state index in [1.165, 1.54) is 14.2 Å². The SMILES string of the molecule is COc1ccc(OC)c2nc(-c3ccc(C)cc3)c(CS(=O)(=O)OC(=O)N=C(N)N)cc12. The van der Waals surface area contributed by atoms with Crippen molar-refractivity contribution in [3.63, 3.8) is 0 Å². The molecular formula is C21H22N4O6S. The number of guanidine groups is 1. The molecule has 0 aliphatic carbocycles. The highest BCUT2D eigenvalue weighted by molar-refractivity contribution is 7.86. The van der Waals surface area contributed by atoms with Gasteiger partial charge in [0.05, 0.1) is 19.9 Å². The predicted octanol–water partition coefficient (Wildman–Crippen LogP) is 2.47. The molecule has 1 aromatic heterocycles. The van der Waals surface area contributed by atoms with Gasteiger partial charge in [-0.2, -0.15) is 8.42 Å². The molecule has 168 valence electrons. The van der Waals surface area contributed by atoms with Gasteiger partial charge in [-0.1, -0.05) is 29.8 Å². The Bertz CT molecular complexity index is 1300. The molecule has 32 heavy (non-hydrogen) atoms. The topological polar surface area (TPSA) is 156 Å². The normalized spacial score (nSPS) is 11.1. The van der Waals surface area contributed by atoms with Crippen molar-refractivity contribution in [1.82, 2.24) is 4.98 Å². The van der Waals surface area contributed by atoms with Crippen LogP contribution in [-0.4, -0.2) is 39.7 Å². The molecule has 11 heteroatoms. The minimum absolute atomic E-state index is 0.283. The zero-order valence-electron chi connectivity index (χ0n) is 17.7. The number of ether oxygens (including phenoxy) is 2. The number of amides is 1. The number of pyridine rings is 1. The molecular weight excluding hydrogens is 436 g/mol. The molecule has 3 rings (SSSR count). The quantitative estimate of drug-likeness (QED) is 0.322. The molecule has 3 aromatic rings. The Morgan fingerprint density at radius 3 is 2.25 bits per heavy atom. The fourth-order valence-corrected chi connectivity index (χ4v) is 4.03. The second-order valence-corrected chi connectivity index (χ2v) is 8.39. The molecule has 0 unspecified atom stereocenters. The molecule has 0 fully saturated rings. The van der Waals surface area contributed by atoms with Crippen LogP contribution in [0.2, 0.25) is 0 Å². The zero-order valence-corrected chi connectivity index (χ0v) is 18.5. The van der Waals surface area contributed by atoms with Gasteiger partial charge in [0.15, 0.2) is 5.96 Å². The van der Waals surface area contributed by atoms with Gasteiger partial charge in [0.25, 0.3) is 0 Å². The molecule has 1 amide bonds. The van der Waals surface area contributed by atoms with Crippen LogP contribution in [-0.2, 0) is 20.1 Å². The summed E-state index contributed by atoms with van der Waals surface area (Å²) in [6.45, 7) is 1.93. The Kier molecular flexibility index (Phi) is 6.49. The Labute approximate surface area is 184 Å². The lowest BCUT2D eigenvalue weighted by molar-refractivity contribution is 0.213. The number of nitrogens with two attached hydrogens (primary N) is 2. The molecule has 10 nitrogen and oxygen atoms in total. The maximum atomic E-state index is 12.6. The summed E-state index contributed by atoms with van der Waals surface area (Å²) < 4.78 is 40.4. The van der Waals surface area contributed by atoms with Gasteiger partial charge in [0.1, 0.15) is 22.8 Å². The van der Waals surface area contributed by atoms with Crippen LogP contribution in [0.15, 0.2) is 47.5 Å². The monoisotopic (exact) mass is 458 g/mol. The van der Waals surface area contributed by atoms with E-state index in [2.05, 4.69) is 14.2 Å². The van der Waals surface area contributed by atoms with E-state index >= 15 is 0 Å². The summed E-state index contributed by atoms with van der Waals surface area (Å²) in [4.78, 5) is 19.4. The van der Waals surface area contributed by atoms with Crippen LogP contribution in [0.3, 0.4) is 0 Å². The van der Waals surface area contributed by atoms with Gasteiger partial charge in [-0.15, -0.1) is 4.99 Å². The number of carbonyl (C=O) groups is 1. The highest BCUT2D eigenvalue weighted by atomic mass is 32.2. The predicted molar refractivity (Wildman–Crippen MR) is 120 cm³/mol. The lowest BCUT2D eigenvalue weighted by Gasteiger charge is -2.15. The van der Waals surface area contributed by atoms with E-state index in [1.807, 2.05) is 31.2 Å². The number of fused-ring (bicyclic) bond motifs is 1. The van der Waals surface area contributed by atoms with Gasteiger partial charge in [-0.25, -0.2) is 9.78 Å². The highest BCUT2D eigenvalue weighted by Crippen LogP contribution is 2.36. The van der Waals surface area contributed by atoms with Crippen LogP contribution in [0.25, 0.3) is 22.2 Å². The van der Waals surface area contributed by atoms with Crippen LogP contribution in [0.1, 0.15) is 11.1 Å². The molecule has 0 radical (unpaired) electrons. The Morgan fingerprint density at radius 1 is 1.03 bits per heavy atom. The number of rotatable bonds is 6. The number of carbonyl (C=O) groups excluding carboxylic acids is 1. The minimum Gasteiger partial charge on any atom is -0.496 e. The lowest BCUT2D eigenvalue weighted by atomic mass is 10.0. The van der Waals surface area contributed by atoms with Crippen LogP contribution in [0.4, 0.5) is 4.79 Å². The molecule has 0 bridgehead atoms. The molecule has 0 saturated carbocycles. The second-order valence-electron chi connectivity index (χ2n) is 6.82. The number of nitrogens with zero attached hydrogens (tertiary/aromatic N) is 2.